The summed E-state index contributed by atoms with van der Waals surface area (Å²) in [7, 11) is -3.54. The number of nitrogen functional groups attached to an aromatic ring is 1. The lowest BCUT2D eigenvalue weighted by Gasteiger charge is -2.08. The van der Waals surface area contributed by atoms with Gasteiger partial charge in [-0.3, -0.25) is 0 Å². The molecule has 2 N–H and O–H groups in total. The molecule has 19 heavy (non-hydrogen) atoms. The predicted molar refractivity (Wildman–Crippen MR) is 71.2 cm³/mol. The highest BCUT2D eigenvalue weighted by atomic mass is 32.2. The van der Waals surface area contributed by atoms with Crippen molar-refractivity contribution < 1.29 is 17.3 Å². The fourth-order valence-electron chi connectivity index (χ4n) is 1.61. The van der Waals surface area contributed by atoms with Crippen LogP contribution in [0.4, 0.5) is 10.3 Å². The molecule has 0 bridgehead atoms. The van der Waals surface area contributed by atoms with Crippen molar-refractivity contribution in [1.29, 1.82) is 0 Å². The van der Waals surface area contributed by atoms with Gasteiger partial charge >= 0.3 is 0 Å². The van der Waals surface area contributed by atoms with Crippen LogP contribution in [0.15, 0.2) is 32.5 Å². The van der Waals surface area contributed by atoms with Gasteiger partial charge in [-0.2, -0.15) is 0 Å². The molecule has 1 aromatic carbocycles. The molecule has 1 aromatic heterocycles. The van der Waals surface area contributed by atoms with Gasteiger partial charge in [-0.1, -0.05) is 5.16 Å². The van der Waals surface area contributed by atoms with E-state index in [1.54, 1.807) is 6.26 Å². The molecule has 8 heteroatoms. The normalized spacial score (nSPS) is 11.7. The molecular formula is C11H11FN2O3S2. The topological polar surface area (TPSA) is 86.2 Å². The largest absolute Gasteiger partial charge is 0.368 e. The van der Waals surface area contributed by atoms with E-state index in [0.717, 1.165) is 18.0 Å². The first-order valence-electron chi connectivity index (χ1n) is 5.13. The number of benzene rings is 1. The minimum absolute atomic E-state index is 0.0726. The summed E-state index contributed by atoms with van der Waals surface area (Å²) in [5.41, 5.74) is 5.98. The number of hydrogen-bond acceptors (Lipinski definition) is 6. The lowest BCUT2D eigenvalue weighted by molar-refractivity contribution is 0.439. The quantitative estimate of drug-likeness (QED) is 0.875. The standard InChI is InChI=1S/C11H11FN2O3S2/c1-18-11-7(12)3-6(4-9(11)19(2,15)16)8-5-10(13)17-14-8/h3-5H,13H2,1-2H3. The fourth-order valence-corrected chi connectivity index (χ4v) is 3.61. The summed E-state index contributed by atoms with van der Waals surface area (Å²) in [4.78, 5) is 0.0132. The smallest absolute Gasteiger partial charge is 0.222 e. The minimum Gasteiger partial charge on any atom is -0.368 e. The first-order valence-corrected chi connectivity index (χ1v) is 8.24. The van der Waals surface area contributed by atoms with Crippen LogP contribution in [0.25, 0.3) is 11.3 Å². The van der Waals surface area contributed by atoms with Gasteiger partial charge in [0.1, 0.15) is 11.5 Å². The van der Waals surface area contributed by atoms with E-state index in [-0.39, 0.29) is 21.4 Å². The molecule has 1 heterocycles. The van der Waals surface area contributed by atoms with Crippen LogP contribution >= 0.6 is 11.8 Å². The molecule has 0 spiro atoms. The van der Waals surface area contributed by atoms with Gasteiger partial charge in [0, 0.05) is 17.9 Å². The molecule has 0 atom stereocenters. The Kier molecular flexibility index (Phi) is 3.55. The number of sulfone groups is 1. The van der Waals surface area contributed by atoms with Crippen molar-refractivity contribution in [2.24, 2.45) is 0 Å². The Morgan fingerprint density at radius 2 is 2.05 bits per heavy atom. The maximum atomic E-state index is 14.0. The highest BCUT2D eigenvalue weighted by Gasteiger charge is 2.20. The Morgan fingerprint density at radius 1 is 1.37 bits per heavy atom. The van der Waals surface area contributed by atoms with E-state index in [2.05, 4.69) is 5.16 Å². The number of nitrogens with zero attached hydrogens (tertiary/aromatic N) is 1. The van der Waals surface area contributed by atoms with E-state index in [0.29, 0.717) is 5.56 Å². The van der Waals surface area contributed by atoms with Crippen LogP contribution in [0, 0.1) is 5.82 Å². The van der Waals surface area contributed by atoms with Crippen molar-refractivity contribution in [1.82, 2.24) is 5.16 Å². The second kappa shape index (κ2) is 4.86. The highest BCUT2D eigenvalue weighted by molar-refractivity contribution is 7.99. The van der Waals surface area contributed by atoms with Crippen molar-refractivity contribution in [3.8, 4) is 11.3 Å². The lowest BCUT2D eigenvalue weighted by Crippen LogP contribution is -2.02. The Hall–Kier alpha value is -1.54. The molecule has 0 aliphatic carbocycles. The number of aromatic nitrogens is 1. The van der Waals surface area contributed by atoms with Gasteiger partial charge in [-0.05, 0) is 18.4 Å². The number of anilines is 1. The third-order valence-corrected chi connectivity index (χ3v) is 4.51. The van der Waals surface area contributed by atoms with Crippen LogP contribution in [-0.4, -0.2) is 26.1 Å². The Balaban J connectivity index is 2.70. The second-order valence-electron chi connectivity index (χ2n) is 3.88. The molecule has 0 aliphatic heterocycles. The van der Waals surface area contributed by atoms with Crippen LogP contribution in [0.1, 0.15) is 0 Å². The zero-order valence-electron chi connectivity index (χ0n) is 10.2. The summed E-state index contributed by atoms with van der Waals surface area (Å²) >= 11 is 1.04. The summed E-state index contributed by atoms with van der Waals surface area (Å²) in [5, 5.41) is 3.64. The van der Waals surface area contributed by atoms with E-state index in [4.69, 9.17) is 10.3 Å². The molecule has 0 saturated heterocycles. The summed E-state index contributed by atoms with van der Waals surface area (Å²) < 4.78 is 42.1. The summed E-state index contributed by atoms with van der Waals surface area (Å²) in [6.45, 7) is 0. The van der Waals surface area contributed by atoms with Gasteiger partial charge in [-0.15, -0.1) is 11.8 Å². The average molecular weight is 302 g/mol. The van der Waals surface area contributed by atoms with Gasteiger partial charge in [0.05, 0.1) is 9.79 Å². The van der Waals surface area contributed by atoms with Crippen LogP contribution in [0.2, 0.25) is 0 Å². The van der Waals surface area contributed by atoms with Crippen LogP contribution in [-0.2, 0) is 9.84 Å². The zero-order chi connectivity index (χ0) is 14.2. The second-order valence-corrected chi connectivity index (χ2v) is 6.68. The number of nitrogens with two attached hydrogens (primary N) is 1. The monoisotopic (exact) mass is 302 g/mol. The minimum atomic E-state index is -3.54. The van der Waals surface area contributed by atoms with Crippen molar-refractivity contribution in [2.45, 2.75) is 9.79 Å². The van der Waals surface area contributed by atoms with Gasteiger partial charge in [0.2, 0.25) is 5.88 Å². The Labute approximate surface area is 113 Å². The van der Waals surface area contributed by atoms with Gasteiger partial charge in [-0.25, -0.2) is 12.8 Å². The number of rotatable bonds is 3. The molecule has 0 radical (unpaired) electrons. The molecule has 2 aromatic rings. The fraction of sp³-hybridized carbons (Fsp3) is 0.182. The van der Waals surface area contributed by atoms with Crippen LogP contribution in [0.3, 0.4) is 0 Å². The molecule has 0 aliphatic rings. The van der Waals surface area contributed by atoms with E-state index < -0.39 is 15.7 Å². The third kappa shape index (κ3) is 2.74. The highest BCUT2D eigenvalue weighted by Crippen LogP contribution is 2.33. The van der Waals surface area contributed by atoms with Crippen LogP contribution in [0.5, 0.6) is 0 Å². The predicted octanol–water partition coefficient (Wildman–Crippen LogP) is 2.19. The zero-order valence-corrected chi connectivity index (χ0v) is 11.8. The Morgan fingerprint density at radius 3 is 2.53 bits per heavy atom. The number of hydrogen-bond donors (Lipinski definition) is 1. The van der Waals surface area contributed by atoms with Gasteiger partial charge < -0.3 is 10.3 Å². The molecular weight excluding hydrogens is 291 g/mol. The number of halogens is 1. The lowest BCUT2D eigenvalue weighted by atomic mass is 10.1. The van der Waals surface area contributed by atoms with Crippen LogP contribution < -0.4 is 5.73 Å². The first-order chi connectivity index (χ1) is 8.82. The van der Waals surface area contributed by atoms with Crippen molar-refractivity contribution >= 4 is 27.5 Å². The molecule has 0 saturated carbocycles. The van der Waals surface area contributed by atoms with E-state index in [9.17, 15) is 12.8 Å². The van der Waals surface area contributed by atoms with Crippen molar-refractivity contribution in [3.05, 3.63) is 24.0 Å². The molecule has 0 fully saturated rings. The molecule has 2 rings (SSSR count). The number of thioether (sulfide) groups is 1. The summed E-state index contributed by atoms with van der Waals surface area (Å²) in [5.74, 6) is -0.544. The third-order valence-electron chi connectivity index (χ3n) is 2.44. The molecule has 0 amide bonds. The first kappa shape index (κ1) is 13.9. The molecule has 0 unspecified atom stereocenters. The SMILES string of the molecule is CSc1c(F)cc(-c2cc(N)on2)cc1S(C)(=O)=O. The molecule has 5 nitrogen and oxygen atoms in total. The maximum Gasteiger partial charge on any atom is 0.222 e. The van der Waals surface area contributed by atoms with E-state index >= 15 is 0 Å². The average Bonchev–Trinajstić information content (AvgIpc) is 2.73. The van der Waals surface area contributed by atoms with Gasteiger partial charge in [0.15, 0.2) is 9.84 Å². The summed E-state index contributed by atoms with van der Waals surface area (Å²) in [6, 6.07) is 3.97. The van der Waals surface area contributed by atoms with E-state index in [1.807, 2.05) is 0 Å². The Bertz CT molecular complexity index is 726. The van der Waals surface area contributed by atoms with Crippen molar-refractivity contribution in [2.75, 3.05) is 18.2 Å². The maximum absolute atomic E-state index is 14.0. The van der Waals surface area contributed by atoms with Gasteiger partial charge in [0.25, 0.3) is 0 Å². The van der Waals surface area contributed by atoms with E-state index in [1.165, 1.54) is 18.2 Å². The summed E-state index contributed by atoms with van der Waals surface area (Å²) in [6.07, 6.45) is 2.64. The molecule has 102 valence electrons. The van der Waals surface area contributed by atoms with Crippen molar-refractivity contribution in [3.63, 3.8) is 0 Å².